The van der Waals surface area contributed by atoms with Crippen molar-refractivity contribution < 1.29 is 23.1 Å². The molecule has 0 aliphatic rings. The Morgan fingerprint density at radius 3 is 2.70 bits per heavy atom. The number of aliphatic hydroxyl groups excluding tert-OH is 1. The van der Waals surface area contributed by atoms with Gasteiger partial charge in [-0.25, -0.2) is 4.98 Å². The van der Waals surface area contributed by atoms with E-state index in [0.29, 0.717) is 12.8 Å². The van der Waals surface area contributed by atoms with Crippen molar-refractivity contribution in [2.45, 2.75) is 38.5 Å². The molecule has 0 spiro atoms. The third-order valence-electron chi connectivity index (χ3n) is 3.55. The Morgan fingerprint density at radius 1 is 1.39 bits per heavy atom. The van der Waals surface area contributed by atoms with Crippen LogP contribution in [0.4, 0.5) is 13.2 Å². The van der Waals surface area contributed by atoms with Crippen LogP contribution in [0.15, 0.2) is 24.3 Å². The largest absolute Gasteiger partial charge is 0.449 e. The van der Waals surface area contributed by atoms with Gasteiger partial charge in [0.2, 0.25) is 11.7 Å². The van der Waals surface area contributed by atoms with E-state index in [-0.39, 0.29) is 23.7 Å². The SMILES string of the molecule is CCC(CCO)NC(=O)Cn1c(C(F)(F)F)nc2ccccc21. The molecule has 2 rings (SSSR count). The van der Waals surface area contributed by atoms with Gasteiger partial charge in [-0.15, -0.1) is 0 Å². The number of carbonyl (C=O) groups excluding carboxylic acids is 1. The molecule has 126 valence electrons. The Labute approximate surface area is 131 Å². The van der Waals surface area contributed by atoms with Crippen LogP contribution in [-0.2, 0) is 17.5 Å². The standard InChI is InChI=1S/C15H18F3N3O2/c1-2-10(7-8-22)19-13(23)9-21-12-6-4-3-5-11(12)20-14(21)15(16,17)18/h3-6,10,22H,2,7-9H2,1H3,(H,19,23). The monoisotopic (exact) mass is 329 g/mol. The summed E-state index contributed by atoms with van der Waals surface area (Å²) in [7, 11) is 0. The fourth-order valence-electron chi connectivity index (χ4n) is 2.40. The third kappa shape index (κ3) is 4.01. The molecule has 1 atom stereocenters. The topological polar surface area (TPSA) is 67.2 Å². The first-order chi connectivity index (χ1) is 10.9. The van der Waals surface area contributed by atoms with Crippen molar-refractivity contribution in [3.8, 4) is 0 Å². The minimum atomic E-state index is -4.64. The summed E-state index contributed by atoms with van der Waals surface area (Å²) < 4.78 is 40.3. The molecule has 1 amide bonds. The van der Waals surface area contributed by atoms with Gasteiger partial charge in [0.05, 0.1) is 11.0 Å². The maximum absolute atomic E-state index is 13.1. The second-order valence-corrected chi connectivity index (χ2v) is 5.19. The van der Waals surface area contributed by atoms with Crippen LogP contribution in [-0.4, -0.2) is 33.2 Å². The number of hydrogen-bond acceptors (Lipinski definition) is 3. The van der Waals surface area contributed by atoms with Gasteiger partial charge in [0, 0.05) is 12.6 Å². The number of nitrogens with one attached hydrogen (secondary N) is 1. The van der Waals surface area contributed by atoms with E-state index in [1.54, 1.807) is 12.1 Å². The summed E-state index contributed by atoms with van der Waals surface area (Å²) in [5, 5.41) is 11.5. The number of imidazole rings is 1. The smallest absolute Gasteiger partial charge is 0.396 e. The molecular formula is C15H18F3N3O2. The Bertz CT molecular complexity index is 682. The molecule has 5 nitrogen and oxygen atoms in total. The highest BCUT2D eigenvalue weighted by molar-refractivity contribution is 5.81. The van der Waals surface area contributed by atoms with E-state index in [9.17, 15) is 18.0 Å². The second kappa shape index (κ2) is 6.99. The van der Waals surface area contributed by atoms with Crippen LogP contribution in [0.1, 0.15) is 25.6 Å². The number of aromatic nitrogens is 2. The minimum absolute atomic E-state index is 0.0966. The summed E-state index contributed by atoms with van der Waals surface area (Å²) in [6.07, 6.45) is -3.70. The molecule has 2 N–H and O–H groups in total. The molecule has 0 saturated heterocycles. The number of benzene rings is 1. The number of hydrogen-bond donors (Lipinski definition) is 2. The summed E-state index contributed by atoms with van der Waals surface area (Å²) >= 11 is 0. The lowest BCUT2D eigenvalue weighted by molar-refractivity contribution is -0.147. The molecular weight excluding hydrogens is 311 g/mol. The molecule has 8 heteroatoms. The number of para-hydroxylation sites is 2. The van der Waals surface area contributed by atoms with Gasteiger partial charge < -0.3 is 15.0 Å². The number of halogens is 3. The zero-order valence-corrected chi connectivity index (χ0v) is 12.6. The quantitative estimate of drug-likeness (QED) is 0.855. The van der Waals surface area contributed by atoms with Crippen molar-refractivity contribution in [1.82, 2.24) is 14.9 Å². The van der Waals surface area contributed by atoms with Crippen molar-refractivity contribution in [1.29, 1.82) is 0 Å². The van der Waals surface area contributed by atoms with Crippen LogP contribution in [0, 0.1) is 0 Å². The van der Waals surface area contributed by atoms with E-state index in [0.717, 1.165) is 4.57 Å². The van der Waals surface area contributed by atoms with E-state index < -0.39 is 24.5 Å². The van der Waals surface area contributed by atoms with Gasteiger partial charge in [-0.05, 0) is 25.0 Å². The molecule has 23 heavy (non-hydrogen) atoms. The van der Waals surface area contributed by atoms with Crippen LogP contribution in [0.5, 0.6) is 0 Å². The van der Waals surface area contributed by atoms with Crippen LogP contribution < -0.4 is 5.32 Å². The Kier molecular flexibility index (Phi) is 5.25. The third-order valence-corrected chi connectivity index (χ3v) is 3.55. The summed E-state index contributed by atoms with van der Waals surface area (Å²) in [4.78, 5) is 15.7. The van der Waals surface area contributed by atoms with Gasteiger partial charge >= 0.3 is 6.18 Å². The fourth-order valence-corrected chi connectivity index (χ4v) is 2.40. The van der Waals surface area contributed by atoms with Crippen LogP contribution >= 0.6 is 0 Å². The normalized spacial score (nSPS) is 13.3. The van der Waals surface area contributed by atoms with Crippen LogP contribution in [0.3, 0.4) is 0 Å². The maximum atomic E-state index is 13.1. The molecule has 0 aliphatic carbocycles. The van der Waals surface area contributed by atoms with E-state index in [1.165, 1.54) is 12.1 Å². The molecule has 1 aromatic carbocycles. The van der Waals surface area contributed by atoms with Crippen molar-refractivity contribution in [3.05, 3.63) is 30.1 Å². The van der Waals surface area contributed by atoms with E-state index in [2.05, 4.69) is 10.3 Å². The molecule has 0 radical (unpaired) electrons. The van der Waals surface area contributed by atoms with Gasteiger partial charge in [-0.3, -0.25) is 4.79 Å². The average molecular weight is 329 g/mol. The van der Waals surface area contributed by atoms with Gasteiger partial charge in [0.15, 0.2) is 0 Å². The van der Waals surface area contributed by atoms with Gasteiger partial charge in [0.1, 0.15) is 6.54 Å². The van der Waals surface area contributed by atoms with Gasteiger partial charge in [-0.2, -0.15) is 13.2 Å². The molecule has 2 aromatic rings. The predicted molar refractivity (Wildman–Crippen MR) is 78.7 cm³/mol. The average Bonchev–Trinajstić information content (AvgIpc) is 2.86. The highest BCUT2D eigenvalue weighted by Crippen LogP contribution is 2.31. The van der Waals surface area contributed by atoms with Crippen LogP contribution in [0.25, 0.3) is 11.0 Å². The molecule has 1 heterocycles. The Balaban J connectivity index is 2.29. The van der Waals surface area contributed by atoms with E-state index in [1.807, 2.05) is 6.92 Å². The molecule has 0 bridgehead atoms. The Morgan fingerprint density at radius 2 is 2.09 bits per heavy atom. The number of fused-ring (bicyclic) bond motifs is 1. The van der Waals surface area contributed by atoms with Gasteiger partial charge in [0.25, 0.3) is 0 Å². The summed E-state index contributed by atoms with van der Waals surface area (Å²) in [6, 6.07) is 5.89. The van der Waals surface area contributed by atoms with Gasteiger partial charge in [-0.1, -0.05) is 19.1 Å². The highest BCUT2D eigenvalue weighted by atomic mass is 19.4. The first-order valence-corrected chi connectivity index (χ1v) is 7.29. The lowest BCUT2D eigenvalue weighted by Gasteiger charge is -2.17. The number of rotatable bonds is 6. The minimum Gasteiger partial charge on any atom is -0.396 e. The predicted octanol–water partition coefficient (Wildman–Crippen LogP) is 2.33. The second-order valence-electron chi connectivity index (χ2n) is 5.19. The molecule has 0 fully saturated rings. The number of aliphatic hydroxyl groups is 1. The zero-order chi connectivity index (χ0) is 17.0. The summed E-state index contributed by atoms with van der Waals surface area (Å²) in [6.45, 7) is 1.26. The number of carbonyl (C=O) groups is 1. The van der Waals surface area contributed by atoms with Crippen molar-refractivity contribution in [2.24, 2.45) is 0 Å². The first kappa shape index (κ1) is 17.3. The molecule has 1 aromatic heterocycles. The van der Waals surface area contributed by atoms with Crippen molar-refractivity contribution in [3.63, 3.8) is 0 Å². The van der Waals surface area contributed by atoms with E-state index in [4.69, 9.17) is 5.11 Å². The zero-order valence-electron chi connectivity index (χ0n) is 12.6. The molecule has 0 aliphatic heterocycles. The molecule has 1 unspecified atom stereocenters. The summed E-state index contributed by atoms with van der Waals surface area (Å²) in [5.74, 6) is -1.64. The lowest BCUT2D eigenvalue weighted by Crippen LogP contribution is -2.37. The number of amides is 1. The summed E-state index contributed by atoms with van der Waals surface area (Å²) in [5.41, 5.74) is 0.445. The van der Waals surface area contributed by atoms with Crippen LogP contribution in [0.2, 0.25) is 0 Å². The fraction of sp³-hybridized carbons (Fsp3) is 0.467. The van der Waals surface area contributed by atoms with Crippen molar-refractivity contribution in [2.75, 3.05) is 6.61 Å². The Hall–Kier alpha value is -2.09. The number of alkyl halides is 3. The molecule has 0 saturated carbocycles. The maximum Gasteiger partial charge on any atom is 0.449 e. The van der Waals surface area contributed by atoms with Crippen molar-refractivity contribution >= 4 is 16.9 Å². The first-order valence-electron chi connectivity index (χ1n) is 7.29. The highest BCUT2D eigenvalue weighted by Gasteiger charge is 2.38. The lowest BCUT2D eigenvalue weighted by atomic mass is 10.1. The van der Waals surface area contributed by atoms with E-state index >= 15 is 0 Å². The number of nitrogens with zero attached hydrogens (tertiary/aromatic N) is 2.